The van der Waals surface area contributed by atoms with E-state index < -0.39 is 29.5 Å². The van der Waals surface area contributed by atoms with Gasteiger partial charge in [-0.3, -0.25) is 9.78 Å². The number of Topliss-reactive ketones (excluding diaryl/α,β-unsaturated/α-hetero) is 1. The van der Waals surface area contributed by atoms with E-state index >= 15 is 0 Å². The molecule has 0 atom stereocenters. The van der Waals surface area contributed by atoms with E-state index in [0.717, 1.165) is 18.3 Å². The summed E-state index contributed by atoms with van der Waals surface area (Å²) in [6.45, 7) is 0. The molecule has 0 saturated heterocycles. The number of pyridine rings is 1. The first kappa shape index (κ1) is 10.8. The Hall–Kier alpha value is -1.33. The summed E-state index contributed by atoms with van der Waals surface area (Å²) in [4.78, 5) is 14.4. The maximum Gasteiger partial charge on any atom is 0.418 e. The lowest BCUT2D eigenvalue weighted by Crippen LogP contribution is -2.14. The lowest BCUT2D eigenvalue weighted by Gasteiger charge is -2.09. The number of ketones is 1. The first-order chi connectivity index (χ1) is 6.46. The van der Waals surface area contributed by atoms with Gasteiger partial charge in [-0.25, -0.2) is 0 Å². The van der Waals surface area contributed by atoms with Crippen molar-refractivity contribution in [3.63, 3.8) is 0 Å². The summed E-state index contributed by atoms with van der Waals surface area (Å²) in [5, 5.41) is 0. The van der Waals surface area contributed by atoms with E-state index in [1.54, 1.807) is 0 Å². The van der Waals surface area contributed by atoms with Crippen molar-refractivity contribution in [2.75, 3.05) is 0 Å². The van der Waals surface area contributed by atoms with Gasteiger partial charge in [0.2, 0.25) is 0 Å². The van der Waals surface area contributed by atoms with Gasteiger partial charge in [0.25, 0.3) is 0 Å². The summed E-state index contributed by atoms with van der Waals surface area (Å²) in [5.41, 5.74) is -1.67. The van der Waals surface area contributed by atoms with Crippen LogP contribution in [0.5, 0.6) is 0 Å². The second-order valence-electron chi connectivity index (χ2n) is 2.52. The number of carbonyl (C=O) groups excluding carboxylic acids is 1. The Morgan fingerprint density at radius 1 is 1.50 bits per heavy atom. The minimum Gasteiger partial charge on any atom is -0.293 e. The highest BCUT2D eigenvalue weighted by atomic mass is 19.4. The molecule has 0 spiro atoms. The number of hydrogen-bond donors (Lipinski definition) is 0. The van der Waals surface area contributed by atoms with E-state index in [4.69, 9.17) is 7.85 Å². The molecule has 0 saturated carbocycles. The summed E-state index contributed by atoms with van der Waals surface area (Å²) in [7, 11) is 4.96. The van der Waals surface area contributed by atoms with E-state index in [0.29, 0.717) is 0 Å². The Kier molecular flexibility index (Phi) is 2.93. The minimum atomic E-state index is -4.57. The van der Waals surface area contributed by atoms with Crippen LogP contribution in [0.15, 0.2) is 18.3 Å². The zero-order valence-corrected chi connectivity index (χ0v) is 7.01. The third kappa shape index (κ3) is 2.13. The number of carbonyl (C=O) groups is 1. The molecule has 2 nitrogen and oxygen atoms in total. The molecule has 6 heteroatoms. The number of nitrogens with zero attached hydrogens (tertiary/aromatic N) is 1. The Morgan fingerprint density at radius 3 is 2.64 bits per heavy atom. The molecule has 0 aliphatic heterocycles. The first-order valence-corrected chi connectivity index (χ1v) is 3.72. The zero-order chi connectivity index (χ0) is 10.8. The molecule has 14 heavy (non-hydrogen) atoms. The molecule has 1 aromatic rings. The van der Waals surface area contributed by atoms with Gasteiger partial charge in [-0.05, 0) is 18.5 Å². The summed E-state index contributed by atoms with van der Waals surface area (Å²) >= 11 is 0. The molecule has 0 aromatic carbocycles. The molecule has 1 heterocycles. The van der Waals surface area contributed by atoms with Crippen LogP contribution in [0.3, 0.4) is 0 Å². The predicted molar refractivity (Wildman–Crippen MR) is 44.1 cm³/mol. The molecule has 0 bridgehead atoms. The average Bonchev–Trinajstić information content (AvgIpc) is 2.15. The van der Waals surface area contributed by atoms with E-state index in [-0.39, 0.29) is 0 Å². The quantitative estimate of drug-likeness (QED) is 0.537. The van der Waals surface area contributed by atoms with E-state index in [1.165, 1.54) is 0 Å². The lowest BCUT2D eigenvalue weighted by molar-refractivity contribution is -0.138. The number of aromatic nitrogens is 1. The smallest absolute Gasteiger partial charge is 0.293 e. The molecule has 0 unspecified atom stereocenters. The second kappa shape index (κ2) is 3.81. The van der Waals surface area contributed by atoms with Crippen LogP contribution in [0, 0.1) is 0 Å². The molecule has 0 aliphatic rings. The van der Waals surface area contributed by atoms with Gasteiger partial charge >= 0.3 is 6.18 Å². The van der Waals surface area contributed by atoms with Crippen LogP contribution >= 0.6 is 0 Å². The van der Waals surface area contributed by atoms with Crippen molar-refractivity contribution in [2.24, 2.45) is 0 Å². The van der Waals surface area contributed by atoms with Gasteiger partial charge in [-0.15, -0.1) is 0 Å². The van der Waals surface area contributed by atoms with Gasteiger partial charge in [-0.1, -0.05) is 0 Å². The molecule has 2 radical (unpaired) electrons. The van der Waals surface area contributed by atoms with Gasteiger partial charge in [0, 0.05) is 6.20 Å². The minimum absolute atomic E-state index is 0.486. The molecule has 1 rings (SSSR count). The van der Waals surface area contributed by atoms with Crippen molar-refractivity contribution >= 4 is 13.6 Å². The van der Waals surface area contributed by atoms with Gasteiger partial charge in [-0.2, -0.15) is 13.2 Å². The maximum atomic E-state index is 12.3. The average molecular weight is 199 g/mol. The highest BCUT2D eigenvalue weighted by molar-refractivity contribution is 6.23. The van der Waals surface area contributed by atoms with Crippen LogP contribution in [0.25, 0.3) is 0 Å². The standard InChI is InChI=1S/C8H5BF3NO/c9-4-6(14)7-5(8(10,11)12)2-1-3-13-7/h1-3H,4H2. The van der Waals surface area contributed by atoms with Gasteiger partial charge < -0.3 is 0 Å². The van der Waals surface area contributed by atoms with E-state index in [2.05, 4.69) is 4.98 Å². The molecular formula is C8H5BF3NO. The fourth-order valence-electron chi connectivity index (χ4n) is 0.953. The van der Waals surface area contributed by atoms with Crippen molar-refractivity contribution in [2.45, 2.75) is 12.5 Å². The normalized spacial score (nSPS) is 11.4. The highest BCUT2D eigenvalue weighted by Crippen LogP contribution is 2.31. The van der Waals surface area contributed by atoms with Crippen LogP contribution in [0.2, 0.25) is 6.32 Å². The third-order valence-electron chi connectivity index (χ3n) is 1.56. The Bertz CT molecular complexity index is 351. The second-order valence-corrected chi connectivity index (χ2v) is 2.52. The van der Waals surface area contributed by atoms with E-state index in [1.807, 2.05) is 0 Å². The van der Waals surface area contributed by atoms with Crippen LogP contribution in [0.1, 0.15) is 16.1 Å². The maximum absolute atomic E-state index is 12.3. The van der Waals surface area contributed by atoms with Crippen LogP contribution in [0.4, 0.5) is 13.2 Å². The van der Waals surface area contributed by atoms with Gasteiger partial charge in [0.05, 0.1) is 13.4 Å². The van der Waals surface area contributed by atoms with Crippen molar-refractivity contribution < 1.29 is 18.0 Å². The summed E-state index contributed by atoms with van der Waals surface area (Å²) in [6.07, 6.45) is -3.94. The molecule has 1 aromatic heterocycles. The predicted octanol–water partition coefficient (Wildman–Crippen LogP) is 1.87. The fraction of sp³-hybridized carbons (Fsp3) is 0.250. The van der Waals surface area contributed by atoms with E-state index in [9.17, 15) is 18.0 Å². The van der Waals surface area contributed by atoms with Crippen LogP contribution in [-0.4, -0.2) is 18.6 Å². The molecule has 0 aliphatic carbocycles. The van der Waals surface area contributed by atoms with Crippen molar-refractivity contribution in [3.8, 4) is 0 Å². The van der Waals surface area contributed by atoms with Crippen molar-refractivity contribution in [1.29, 1.82) is 0 Å². The Balaban J connectivity index is 3.23. The summed E-state index contributed by atoms with van der Waals surface area (Å²) in [5.74, 6) is -0.821. The fourth-order valence-corrected chi connectivity index (χ4v) is 0.953. The van der Waals surface area contributed by atoms with Crippen molar-refractivity contribution in [1.82, 2.24) is 4.98 Å². The van der Waals surface area contributed by atoms with Gasteiger partial charge in [0.15, 0.2) is 5.78 Å². The van der Waals surface area contributed by atoms with Crippen LogP contribution < -0.4 is 0 Å². The molecule has 0 N–H and O–H groups in total. The molecule has 0 amide bonds. The molecule has 0 fully saturated rings. The Labute approximate surface area is 79.6 Å². The largest absolute Gasteiger partial charge is 0.418 e. The highest BCUT2D eigenvalue weighted by Gasteiger charge is 2.35. The van der Waals surface area contributed by atoms with Crippen LogP contribution in [-0.2, 0) is 6.18 Å². The van der Waals surface area contributed by atoms with Gasteiger partial charge in [0.1, 0.15) is 5.69 Å². The number of rotatable bonds is 2. The summed E-state index contributed by atoms with van der Waals surface area (Å²) in [6, 6.07) is 1.92. The molecular weight excluding hydrogens is 194 g/mol. The molecule has 72 valence electrons. The SMILES string of the molecule is [B]CC(=O)c1ncccc1C(F)(F)F. The number of alkyl halides is 3. The first-order valence-electron chi connectivity index (χ1n) is 3.72. The van der Waals surface area contributed by atoms with Crippen molar-refractivity contribution in [3.05, 3.63) is 29.6 Å². The lowest BCUT2D eigenvalue weighted by atomic mass is 9.96. The topological polar surface area (TPSA) is 30.0 Å². The number of hydrogen-bond acceptors (Lipinski definition) is 2. The number of halogens is 3. The monoisotopic (exact) mass is 199 g/mol. The third-order valence-corrected chi connectivity index (χ3v) is 1.56. The zero-order valence-electron chi connectivity index (χ0n) is 7.01. The summed E-state index contributed by atoms with van der Waals surface area (Å²) < 4.78 is 36.9. The Morgan fingerprint density at radius 2 is 2.14 bits per heavy atom.